The Hall–Kier alpha value is -1.88. The van der Waals surface area contributed by atoms with Gasteiger partial charge in [0.05, 0.1) is 6.20 Å². The Morgan fingerprint density at radius 1 is 1.32 bits per heavy atom. The van der Waals surface area contributed by atoms with E-state index < -0.39 is 0 Å². The molecule has 22 heavy (non-hydrogen) atoms. The van der Waals surface area contributed by atoms with Gasteiger partial charge in [-0.1, -0.05) is 28.1 Å². The first-order valence-corrected chi connectivity index (χ1v) is 8.08. The van der Waals surface area contributed by atoms with Gasteiger partial charge in [-0.15, -0.1) is 0 Å². The van der Waals surface area contributed by atoms with Gasteiger partial charge in [0.2, 0.25) is 0 Å². The highest BCUT2D eigenvalue weighted by Gasteiger charge is 2.32. The number of nitrogens with zero attached hydrogens (tertiary/aromatic N) is 2. The van der Waals surface area contributed by atoms with Gasteiger partial charge in [-0.25, -0.2) is 0 Å². The van der Waals surface area contributed by atoms with Crippen LogP contribution in [-0.4, -0.2) is 28.4 Å². The summed E-state index contributed by atoms with van der Waals surface area (Å²) in [4.78, 5) is 18.3. The zero-order valence-corrected chi connectivity index (χ0v) is 13.7. The number of carbonyl (C=O) groups is 1. The Bertz CT molecular complexity index is 644. The van der Waals surface area contributed by atoms with Gasteiger partial charge in [-0.3, -0.25) is 9.78 Å². The summed E-state index contributed by atoms with van der Waals surface area (Å²) in [6, 6.07) is 12.0. The number of amides is 1. The van der Waals surface area contributed by atoms with Gasteiger partial charge >= 0.3 is 0 Å². The number of benzene rings is 1. The van der Waals surface area contributed by atoms with Crippen molar-refractivity contribution >= 4 is 21.8 Å². The molecule has 1 heterocycles. The van der Waals surface area contributed by atoms with Crippen LogP contribution >= 0.6 is 15.9 Å². The number of rotatable bonds is 6. The van der Waals surface area contributed by atoms with Crippen LogP contribution in [0.2, 0.25) is 0 Å². The summed E-state index contributed by atoms with van der Waals surface area (Å²) in [5, 5.41) is 0. The number of carbonyl (C=O) groups excluding carboxylic acids is 1. The van der Waals surface area contributed by atoms with Gasteiger partial charge in [-0.2, -0.15) is 0 Å². The average Bonchev–Trinajstić information content (AvgIpc) is 3.36. The molecule has 1 fully saturated rings. The van der Waals surface area contributed by atoms with Crippen LogP contribution in [0.3, 0.4) is 0 Å². The molecule has 5 heteroatoms. The molecule has 4 nitrogen and oxygen atoms in total. The molecule has 1 aromatic heterocycles. The molecule has 0 unspecified atom stereocenters. The van der Waals surface area contributed by atoms with E-state index in [-0.39, 0.29) is 12.5 Å². The summed E-state index contributed by atoms with van der Waals surface area (Å²) >= 11 is 3.47. The quantitative estimate of drug-likeness (QED) is 0.792. The standard InChI is InChI=1S/C17H17BrN2O2/c18-14-4-1-3-13(9-14)11-20(15-6-7-15)17(21)12-22-16-5-2-8-19-10-16/h1-5,8-10,15H,6-7,11-12H2. The first-order valence-electron chi connectivity index (χ1n) is 7.29. The van der Waals surface area contributed by atoms with Crippen LogP contribution in [0, 0.1) is 0 Å². The van der Waals surface area contributed by atoms with Gasteiger partial charge in [0, 0.05) is 23.3 Å². The normalized spacial score (nSPS) is 13.7. The maximum absolute atomic E-state index is 12.5. The third-order valence-electron chi connectivity index (χ3n) is 3.55. The van der Waals surface area contributed by atoms with Gasteiger partial charge in [0.15, 0.2) is 6.61 Å². The number of ether oxygens (including phenoxy) is 1. The first kappa shape index (κ1) is 15.0. The Morgan fingerprint density at radius 3 is 2.86 bits per heavy atom. The van der Waals surface area contributed by atoms with E-state index in [0.29, 0.717) is 18.3 Å². The van der Waals surface area contributed by atoms with E-state index in [1.807, 2.05) is 29.2 Å². The van der Waals surface area contributed by atoms with Gasteiger partial charge in [-0.05, 0) is 42.7 Å². The maximum atomic E-state index is 12.5. The summed E-state index contributed by atoms with van der Waals surface area (Å²) in [5.74, 6) is 0.639. The minimum absolute atomic E-state index is 0.0197. The largest absolute Gasteiger partial charge is 0.482 e. The van der Waals surface area contributed by atoms with E-state index in [2.05, 4.69) is 20.9 Å². The van der Waals surface area contributed by atoms with E-state index >= 15 is 0 Å². The highest BCUT2D eigenvalue weighted by Crippen LogP contribution is 2.29. The Labute approximate surface area is 138 Å². The molecule has 0 N–H and O–H groups in total. The molecule has 1 amide bonds. The summed E-state index contributed by atoms with van der Waals surface area (Å²) < 4.78 is 6.55. The lowest BCUT2D eigenvalue weighted by Gasteiger charge is -2.22. The molecule has 0 saturated heterocycles. The van der Waals surface area contributed by atoms with Gasteiger partial charge < -0.3 is 9.64 Å². The topological polar surface area (TPSA) is 42.4 Å². The molecule has 114 valence electrons. The van der Waals surface area contributed by atoms with Crippen LogP contribution in [-0.2, 0) is 11.3 Å². The minimum Gasteiger partial charge on any atom is -0.482 e. The zero-order valence-electron chi connectivity index (χ0n) is 12.1. The molecule has 2 aromatic rings. The highest BCUT2D eigenvalue weighted by atomic mass is 79.9. The highest BCUT2D eigenvalue weighted by molar-refractivity contribution is 9.10. The fourth-order valence-electron chi connectivity index (χ4n) is 2.30. The first-order chi connectivity index (χ1) is 10.7. The lowest BCUT2D eigenvalue weighted by atomic mass is 10.2. The van der Waals surface area contributed by atoms with Crippen molar-refractivity contribution in [3.05, 3.63) is 58.8 Å². The van der Waals surface area contributed by atoms with E-state index in [9.17, 15) is 4.79 Å². The molecule has 1 saturated carbocycles. The second-order valence-corrected chi connectivity index (χ2v) is 6.28. The fraction of sp³-hybridized carbons (Fsp3) is 0.294. The fourth-order valence-corrected chi connectivity index (χ4v) is 2.75. The van der Waals surface area contributed by atoms with E-state index in [1.54, 1.807) is 24.5 Å². The molecule has 1 aliphatic rings. The van der Waals surface area contributed by atoms with Crippen molar-refractivity contribution < 1.29 is 9.53 Å². The SMILES string of the molecule is O=C(COc1cccnc1)N(Cc1cccc(Br)c1)C1CC1. The van der Waals surface area contributed by atoms with E-state index in [4.69, 9.17) is 4.74 Å². The van der Waals surface area contributed by atoms with E-state index in [0.717, 1.165) is 22.9 Å². The summed E-state index contributed by atoms with van der Waals surface area (Å²) in [6.45, 7) is 0.676. The van der Waals surface area contributed by atoms with E-state index in [1.165, 1.54) is 0 Å². The molecule has 0 bridgehead atoms. The van der Waals surface area contributed by atoms with Crippen molar-refractivity contribution in [2.75, 3.05) is 6.61 Å². The predicted molar refractivity (Wildman–Crippen MR) is 87.4 cm³/mol. The average molecular weight is 361 g/mol. The van der Waals surface area contributed by atoms with Crippen LogP contribution < -0.4 is 4.74 Å². The van der Waals surface area contributed by atoms with Crippen molar-refractivity contribution in [1.29, 1.82) is 0 Å². The van der Waals surface area contributed by atoms with Crippen LogP contribution in [0.4, 0.5) is 0 Å². The van der Waals surface area contributed by atoms with Gasteiger partial charge in [0.25, 0.3) is 5.91 Å². The van der Waals surface area contributed by atoms with Crippen LogP contribution in [0.1, 0.15) is 18.4 Å². The lowest BCUT2D eigenvalue weighted by molar-refractivity contribution is -0.134. The molecule has 0 radical (unpaired) electrons. The molecule has 0 atom stereocenters. The van der Waals surface area contributed by atoms with Crippen molar-refractivity contribution in [2.24, 2.45) is 0 Å². The lowest BCUT2D eigenvalue weighted by Crippen LogP contribution is -2.36. The number of halogens is 1. The Balaban J connectivity index is 1.62. The van der Waals surface area contributed by atoms with Gasteiger partial charge in [0.1, 0.15) is 5.75 Å². The van der Waals surface area contributed by atoms with Crippen LogP contribution in [0.15, 0.2) is 53.3 Å². The number of pyridine rings is 1. The number of aromatic nitrogens is 1. The van der Waals surface area contributed by atoms with Crippen molar-refractivity contribution in [1.82, 2.24) is 9.88 Å². The maximum Gasteiger partial charge on any atom is 0.261 e. The second kappa shape index (κ2) is 6.92. The van der Waals surface area contributed by atoms with Crippen LogP contribution in [0.5, 0.6) is 5.75 Å². The molecule has 0 aliphatic heterocycles. The molecule has 0 spiro atoms. The monoisotopic (exact) mass is 360 g/mol. The predicted octanol–water partition coefficient (Wildman–Crippen LogP) is 3.41. The smallest absolute Gasteiger partial charge is 0.261 e. The third-order valence-corrected chi connectivity index (χ3v) is 4.04. The zero-order chi connectivity index (χ0) is 15.4. The van der Waals surface area contributed by atoms with Crippen LogP contribution in [0.25, 0.3) is 0 Å². The molecule has 1 aliphatic carbocycles. The van der Waals surface area contributed by atoms with Crippen molar-refractivity contribution in [3.63, 3.8) is 0 Å². The number of hydrogen-bond donors (Lipinski definition) is 0. The summed E-state index contributed by atoms with van der Waals surface area (Å²) in [5.41, 5.74) is 1.12. The summed E-state index contributed by atoms with van der Waals surface area (Å²) in [7, 11) is 0. The molecule has 3 rings (SSSR count). The minimum atomic E-state index is 0.0197. The number of hydrogen-bond acceptors (Lipinski definition) is 3. The molecule has 1 aromatic carbocycles. The second-order valence-electron chi connectivity index (χ2n) is 5.36. The molecular formula is C17H17BrN2O2. The van der Waals surface area contributed by atoms with Crippen molar-refractivity contribution in [3.8, 4) is 5.75 Å². The Morgan fingerprint density at radius 2 is 2.18 bits per heavy atom. The Kier molecular flexibility index (Phi) is 4.73. The van der Waals surface area contributed by atoms with Crippen molar-refractivity contribution in [2.45, 2.75) is 25.4 Å². The molecular weight excluding hydrogens is 344 g/mol. The third kappa shape index (κ3) is 4.07. The summed E-state index contributed by atoms with van der Waals surface area (Å²) in [6.07, 6.45) is 5.45.